The summed E-state index contributed by atoms with van der Waals surface area (Å²) in [6.07, 6.45) is 4.90. The number of nitrogens with zero attached hydrogens (tertiary/aromatic N) is 5. The number of rotatable bonds is 6. The van der Waals surface area contributed by atoms with Crippen LogP contribution in [0.5, 0.6) is 0 Å². The summed E-state index contributed by atoms with van der Waals surface area (Å²) >= 11 is 0. The highest BCUT2D eigenvalue weighted by molar-refractivity contribution is 6.07. The van der Waals surface area contributed by atoms with Crippen LogP contribution in [0.15, 0.2) is 136 Å². The van der Waals surface area contributed by atoms with Crippen molar-refractivity contribution in [2.75, 3.05) is 0 Å². The van der Waals surface area contributed by atoms with E-state index >= 15 is 0 Å². The van der Waals surface area contributed by atoms with Gasteiger partial charge in [-0.2, -0.15) is 10.2 Å². The number of para-hydroxylation sites is 3. The Morgan fingerprint density at radius 2 is 1.65 bits per heavy atom. The predicted molar refractivity (Wildman–Crippen MR) is 165 cm³/mol. The fourth-order valence-electron chi connectivity index (χ4n) is 4.86. The summed E-state index contributed by atoms with van der Waals surface area (Å²) in [5, 5.41) is 10.4. The maximum Gasteiger partial charge on any atom is 0.345 e. The van der Waals surface area contributed by atoms with E-state index in [0.29, 0.717) is 44.7 Å². The molecule has 7 aromatic rings. The molecule has 1 N–H and O–H groups in total. The SMILES string of the molecule is O=C(N/N=C/c1cn(-c2ccccc2)nc1-c1cc2ccccc2oc1=O)c1cc(-c2ccccn2)nc2ccccc12. The molecular weight excluding hydrogens is 540 g/mol. The molecule has 0 radical (unpaired) electrons. The molecule has 0 aliphatic carbocycles. The van der Waals surface area contributed by atoms with Crippen molar-refractivity contribution < 1.29 is 9.21 Å². The van der Waals surface area contributed by atoms with Gasteiger partial charge < -0.3 is 4.42 Å². The first-order chi connectivity index (χ1) is 21.1. The fraction of sp³-hybridized carbons (Fsp3) is 0. The van der Waals surface area contributed by atoms with Crippen LogP contribution in [0.1, 0.15) is 15.9 Å². The monoisotopic (exact) mass is 562 g/mol. The zero-order valence-electron chi connectivity index (χ0n) is 22.6. The molecule has 43 heavy (non-hydrogen) atoms. The summed E-state index contributed by atoms with van der Waals surface area (Å²) < 4.78 is 7.23. The molecule has 1 amide bonds. The molecule has 0 aliphatic heterocycles. The quantitative estimate of drug-likeness (QED) is 0.151. The minimum Gasteiger partial charge on any atom is -0.422 e. The van der Waals surface area contributed by atoms with Crippen molar-refractivity contribution in [2.45, 2.75) is 0 Å². The second-order valence-corrected chi connectivity index (χ2v) is 9.68. The largest absolute Gasteiger partial charge is 0.422 e. The first kappa shape index (κ1) is 25.7. The molecule has 0 bridgehead atoms. The van der Waals surface area contributed by atoms with E-state index in [1.165, 1.54) is 6.21 Å². The third-order valence-corrected chi connectivity index (χ3v) is 6.92. The lowest BCUT2D eigenvalue weighted by Gasteiger charge is -2.08. The van der Waals surface area contributed by atoms with Gasteiger partial charge in [0.15, 0.2) is 0 Å². The molecule has 0 spiro atoms. The van der Waals surface area contributed by atoms with Gasteiger partial charge in [0.25, 0.3) is 5.91 Å². The minimum atomic E-state index is -0.527. The Hall–Kier alpha value is -6.22. The molecule has 0 fully saturated rings. The lowest BCUT2D eigenvalue weighted by atomic mass is 10.1. The van der Waals surface area contributed by atoms with E-state index in [1.807, 2.05) is 84.9 Å². The highest BCUT2D eigenvalue weighted by Gasteiger charge is 2.18. The number of carbonyl (C=O) groups is 1. The Kier molecular flexibility index (Phi) is 6.57. The van der Waals surface area contributed by atoms with Crippen molar-refractivity contribution in [1.29, 1.82) is 0 Å². The average molecular weight is 563 g/mol. The summed E-state index contributed by atoms with van der Waals surface area (Å²) in [4.78, 5) is 35.6. The fourth-order valence-corrected chi connectivity index (χ4v) is 4.86. The van der Waals surface area contributed by atoms with Crippen molar-refractivity contribution in [3.63, 3.8) is 0 Å². The highest BCUT2D eigenvalue weighted by Crippen LogP contribution is 2.25. The lowest BCUT2D eigenvalue weighted by Crippen LogP contribution is -2.18. The summed E-state index contributed by atoms with van der Waals surface area (Å²) in [5.74, 6) is -0.422. The molecule has 0 atom stereocenters. The first-order valence-corrected chi connectivity index (χ1v) is 13.5. The Morgan fingerprint density at radius 1 is 0.860 bits per heavy atom. The Balaban J connectivity index is 1.26. The van der Waals surface area contributed by atoms with Crippen molar-refractivity contribution in [2.24, 2.45) is 5.10 Å². The van der Waals surface area contributed by atoms with Crippen LogP contribution in [0.3, 0.4) is 0 Å². The standard InChI is InChI=1S/C34H22N6O3/c41-33(26-19-30(29-15-8-9-17-35-29)37-28-14-6-5-13-25(26)28)38-36-20-23-21-40(24-11-2-1-3-12-24)39-32(23)27-18-22-10-4-7-16-31(22)43-34(27)42/h1-21H,(H,38,41)/b36-20+. The van der Waals surface area contributed by atoms with E-state index in [0.717, 1.165) is 11.1 Å². The topological polar surface area (TPSA) is 115 Å². The molecule has 9 nitrogen and oxygen atoms in total. The number of hydrazone groups is 1. The smallest absolute Gasteiger partial charge is 0.345 e. The Bertz CT molecular complexity index is 2210. The third kappa shape index (κ3) is 5.07. The van der Waals surface area contributed by atoms with E-state index in [9.17, 15) is 9.59 Å². The first-order valence-electron chi connectivity index (χ1n) is 13.5. The Labute approximate surface area is 244 Å². The molecule has 4 heterocycles. The van der Waals surface area contributed by atoms with Crippen LogP contribution in [0, 0.1) is 0 Å². The van der Waals surface area contributed by atoms with Crippen molar-refractivity contribution in [1.82, 2.24) is 25.2 Å². The highest BCUT2D eigenvalue weighted by atomic mass is 16.4. The number of amides is 1. The predicted octanol–water partition coefficient (Wildman–Crippen LogP) is 6.02. The van der Waals surface area contributed by atoms with Gasteiger partial charge in [0.1, 0.15) is 11.3 Å². The van der Waals surface area contributed by atoms with Crippen LogP contribution in [-0.2, 0) is 0 Å². The number of carbonyl (C=O) groups excluding carboxylic acids is 1. The molecule has 3 aromatic carbocycles. The van der Waals surface area contributed by atoms with Gasteiger partial charge in [-0.3, -0.25) is 9.78 Å². The lowest BCUT2D eigenvalue weighted by molar-refractivity contribution is 0.0956. The molecule has 4 aromatic heterocycles. The van der Waals surface area contributed by atoms with Gasteiger partial charge >= 0.3 is 5.63 Å². The van der Waals surface area contributed by atoms with E-state index in [2.05, 4.69) is 15.5 Å². The summed E-state index contributed by atoms with van der Waals surface area (Å²) in [5.41, 5.74) is 6.83. The van der Waals surface area contributed by atoms with Crippen LogP contribution in [0.4, 0.5) is 0 Å². The van der Waals surface area contributed by atoms with Gasteiger partial charge in [-0.05, 0) is 48.5 Å². The minimum absolute atomic E-state index is 0.279. The number of benzene rings is 3. The van der Waals surface area contributed by atoms with Crippen molar-refractivity contribution in [3.8, 4) is 28.3 Å². The van der Waals surface area contributed by atoms with Crippen LogP contribution < -0.4 is 11.1 Å². The summed E-state index contributed by atoms with van der Waals surface area (Å²) in [6, 6.07) is 33.2. The summed E-state index contributed by atoms with van der Waals surface area (Å²) in [6.45, 7) is 0. The number of aromatic nitrogens is 4. The van der Waals surface area contributed by atoms with Crippen molar-refractivity contribution >= 4 is 34.0 Å². The van der Waals surface area contributed by atoms with E-state index < -0.39 is 11.5 Å². The number of nitrogens with one attached hydrogen (secondary N) is 1. The second kappa shape index (κ2) is 11.0. The molecule has 9 heteroatoms. The zero-order valence-corrected chi connectivity index (χ0v) is 22.6. The van der Waals surface area contributed by atoms with E-state index in [-0.39, 0.29) is 5.56 Å². The van der Waals surface area contributed by atoms with Crippen LogP contribution >= 0.6 is 0 Å². The normalized spacial score (nSPS) is 11.3. The van der Waals surface area contributed by atoms with Gasteiger partial charge in [0.05, 0.1) is 39.9 Å². The maximum atomic E-state index is 13.5. The van der Waals surface area contributed by atoms with Gasteiger partial charge in [0, 0.05) is 28.7 Å². The Morgan fingerprint density at radius 3 is 2.51 bits per heavy atom. The number of hydrogen-bond acceptors (Lipinski definition) is 7. The second-order valence-electron chi connectivity index (χ2n) is 9.68. The molecule has 0 saturated carbocycles. The van der Waals surface area contributed by atoms with Crippen LogP contribution in [-0.4, -0.2) is 31.9 Å². The maximum absolute atomic E-state index is 13.5. The van der Waals surface area contributed by atoms with E-state index in [4.69, 9.17) is 14.5 Å². The van der Waals surface area contributed by atoms with Crippen molar-refractivity contribution in [3.05, 3.63) is 143 Å². The number of hydrogen-bond donors (Lipinski definition) is 1. The van der Waals surface area contributed by atoms with Gasteiger partial charge in [-0.25, -0.2) is 19.9 Å². The van der Waals surface area contributed by atoms with Gasteiger partial charge in [-0.1, -0.05) is 60.7 Å². The number of pyridine rings is 2. The van der Waals surface area contributed by atoms with Crippen LogP contribution in [0.2, 0.25) is 0 Å². The molecule has 0 aliphatic rings. The summed E-state index contributed by atoms with van der Waals surface area (Å²) in [7, 11) is 0. The van der Waals surface area contributed by atoms with E-state index in [1.54, 1.807) is 41.3 Å². The molecule has 206 valence electrons. The van der Waals surface area contributed by atoms with Gasteiger partial charge in [-0.15, -0.1) is 0 Å². The molecule has 0 unspecified atom stereocenters. The van der Waals surface area contributed by atoms with Crippen LogP contribution in [0.25, 0.3) is 50.2 Å². The van der Waals surface area contributed by atoms with Gasteiger partial charge in [0.2, 0.25) is 0 Å². The zero-order chi connectivity index (χ0) is 29.2. The third-order valence-electron chi connectivity index (χ3n) is 6.92. The molecular formula is C34H22N6O3. The average Bonchev–Trinajstić information content (AvgIpc) is 3.48. The molecule has 7 rings (SSSR count). The number of fused-ring (bicyclic) bond motifs is 2. The molecule has 0 saturated heterocycles.